The summed E-state index contributed by atoms with van der Waals surface area (Å²) in [5.74, 6) is -1.06. The Bertz CT molecular complexity index is 770. The smallest absolute Gasteiger partial charge is 0.310 e. The van der Waals surface area contributed by atoms with Gasteiger partial charge in [-0.3, -0.25) is 19.2 Å². The summed E-state index contributed by atoms with van der Waals surface area (Å²) in [4.78, 5) is 42.5. The van der Waals surface area contributed by atoms with Crippen LogP contribution in [0.1, 0.15) is 43.1 Å². The fraction of sp³-hybridized carbons (Fsp3) is 0.238. The monoisotopic (exact) mass is 369 g/mol. The Kier molecular flexibility index (Phi) is 9.15. The number of amides is 1. The van der Waals surface area contributed by atoms with Gasteiger partial charge < -0.3 is 10.1 Å². The van der Waals surface area contributed by atoms with E-state index in [1.165, 1.54) is 20.8 Å². The quantitative estimate of drug-likeness (QED) is 0.494. The van der Waals surface area contributed by atoms with Gasteiger partial charge in [0.15, 0.2) is 5.78 Å². The molecule has 2 aromatic rings. The highest BCUT2D eigenvalue weighted by molar-refractivity contribution is 5.96. The largest absolute Gasteiger partial charge is 0.394 e. The van der Waals surface area contributed by atoms with Gasteiger partial charge in [0.25, 0.3) is 0 Å². The standard InChI is InChI=1S/C17H17NO2.C4H6O3/c1-13(19)18-16-10-7-14(8-11-16)9-12-17(20)15-5-3-2-4-6-15;1-3(5)7-4(2)6/h2-8,10-11H,9,12H2,1H3,(H,18,19);1-2H3. The van der Waals surface area contributed by atoms with Crippen LogP contribution in [0.5, 0.6) is 0 Å². The van der Waals surface area contributed by atoms with Crippen molar-refractivity contribution in [1.29, 1.82) is 0 Å². The second kappa shape index (κ2) is 11.4. The number of ether oxygens (including phenoxy) is 1. The molecule has 0 aromatic heterocycles. The Morgan fingerprint density at radius 3 is 1.81 bits per heavy atom. The first-order valence-electron chi connectivity index (χ1n) is 8.41. The lowest BCUT2D eigenvalue weighted by Crippen LogP contribution is -2.05. The summed E-state index contributed by atoms with van der Waals surface area (Å²) >= 11 is 0. The topological polar surface area (TPSA) is 89.5 Å². The van der Waals surface area contributed by atoms with Crippen molar-refractivity contribution in [3.63, 3.8) is 0 Å². The number of carbonyl (C=O) groups is 4. The first-order chi connectivity index (χ1) is 12.8. The van der Waals surface area contributed by atoms with Crippen molar-refractivity contribution in [1.82, 2.24) is 0 Å². The minimum absolute atomic E-state index is 0.0861. The van der Waals surface area contributed by atoms with Crippen molar-refractivity contribution in [2.45, 2.75) is 33.6 Å². The van der Waals surface area contributed by atoms with Gasteiger partial charge in [-0.2, -0.15) is 0 Å². The van der Waals surface area contributed by atoms with E-state index in [1.807, 2.05) is 54.6 Å². The summed E-state index contributed by atoms with van der Waals surface area (Å²) in [6.45, 7) is 3.84. The molecule has 1 amide bonds. The van der Waals surface area contributed by atoms with E-state index in [2.05, 4.69) is 10.1 Å². The molecule has 0 aliphatic carbocycles. The van der Waals surface area contributed by atoms with Crippen LogP contribution in [0.4, 0.5) is 5.69 Å². The predicted octanol–water partition coefficient (Wildman–Crippen LogP) is 3.56. The van der Waals surface area contributed by atoms with E-state index in [4.69, 9.17) is 0 Å². The molecule has 1 N–H and O–H groups in total. The number of esters is 2. The second-order valence-electron chi connectivity index (χ2n) is 5.75. The van der Waals surface area contributed by atoms with E-state index < -0.39 is 11.9 Å². The summed E-state index contributed by atoms with van der Waals surface area (Å²) < 4.78 is 3.97. The normalized spacial score (nSPS) is 9.44. The molecule has 0 aliphatic rings. The summed E-state index contributed by atoms with van der Waals surface area (Å²) in [5, 5.41) is 2.72. The van der Waals surface area contributed by atoms with Crippen LogP contribution in [0.3, 0.4) is 0 Å². The van der Waals surface area contributed by atoms with Gasteiger partial charge >= 0.3 is 11.9 Å². The molecule has 0 saturated heterocycles. The van der Waals surface area contributed by atoms with E-state index in [0.29, 0.717) is 12.8 Å². The molecule has 6 nitrogen and oxygen atoms in total. The van der Waals surface area contributed by atoms with Crippen LogP contribution in [-0.4, -0.2) is 23.6 Å². The number of benzene rings is 2. The molecule has 0 aliphatic heterocycles. The van der Waals surface area contributed by atoms with Crippen molar-refractivity contribution in [3.05, 3.63) is 65.7 Å². The zero-order chi connectivity index (χ0) is 20.2. The molecule has 0 atom stereocenters. The lowest BCUT2D eigenvalue weighted by Gasteiger charge is -2.05. The lowest BCUT2D eigenvalue weighted by molar-refractivity contribution is -0.156. The molecule has 0 saturated carbocycles. The molecule has 2 aromatic carbocycles. The number of anilines is 1. The van der Waals surface area contributed by atoms with E-state index >= 15 is 0 Å². The average Bonchev–Trinajstić information content (AvgIpc) is 2.60. The fourth-order valence-corrected chi connectivity index (χ4v) is 2.19. The van der Waals surface area contributed by atoms with E-state index in [1.54, 1.807) is 0 Å². The van der Waals surface area contributed by atoms with Gasteiger partial charge in [-0.15, -0.1) is 0 Å². The molecule has 2 rings (SSSR count). The molecule has 0 spiro atoms. The van der Waals surface area contributed by atoms with E-state index in [9.17, 15) is 19.2 Å². The van der Waals surface area contributed by atoms with Crippen molar-refractivity contribution >= 4 is 29.3 Å². The van der Waals surface area contributed by atoms with Crippen LogP contribution in [0.15, 0.2) is 54.6 Å². The van der Waals surface area contributed by atoms with Crippen LogP contribution in [-0.2, 0) is 25.5 Å². The van der Waals surface area contributed by atoms with Gasteiger partial charge in [-0.1, -0.05) is 42.5 Å². The highest BCUT2D eigenvalue weighted by atomic mass is 16.6. The molecule has 6 heteroatoms. The average molecular weight is 369 g/mol. The third-order valence-corrected chi connectivity index (χ3v) is 3.30. The maximum absolute atomic E-state index is 12.0. The van der Waals surface area contributed by atoms with Crippen molar-refractivity contribution in [2.24, 2.45) is 0 Å². The van der Waals surface area contributed by atoms with Crippen molar-refractivity contribution in [3.8, 4) is 0 Å². The molecular weight excluding hydrogens is 346 g/mol. The first kappa shape index (κ1) is 21.8. The molecule has 27 heavy (non-hydrogen) atoms. The summed E-state index contributed by atoms with van der Waals surface area (Å²) in [6.07, 6.45) is 1.19. The van der Waals surface area contributed by atoms with Crippen LogP contribution in [0, 0.1) is 0 Å². The number of hydrogen-bond acceptors (Lipinski definition) is 5. The zero-order valence-corrected chi connectivity index (χ0v) is 15.7. The van der Waals surface area contributed by atoms with Crippen LogP contribution in [0.25, 0.3) is 0 Å². The molecule has 0 bridgehead atoms. The van der Waals surface area contributed by atoms with Crippen molar-refractivity contribution < 1.29 is 23.9 Å². The Morgan fingerprint density at radius 1 is 0.815 bits per heavy atom. The molecule has 0 unspecified atom stereocenters. The van der Waals surface area contributed by atoms with E-state index in [0.717, 1.165) is 16.8 Å². The fourth-order valence-electron chi connectivity index (χ4n) is 2.19. The Morgan fingerprint density at radius 2 is 1.37 bits per heavy atom. The zero-order valence-electron chi connectivity index (χ0n) is 15.7. The van der Waals surface area contributed by atoms with Gasteiger partial charge in [-0.05, 0) is 24.1 Å². The number of Topliss-reactive ketones (excluding diaryl/α,β-unsaturated/α-hetero) is 1. The minimum Gasteiger partial charge on any atom is -0.394 e. The van der Waals surface area contributed by atoms with Crippen LogP contribution in [0.2, 0.25) is 0 Å². The summed E-state index contributed by atoms with van der Waals surface area (Å²) in [7, 11) is 0. The molecule has 0 fully saturated rings. The number of hydrogen-bond donors (Lipinski definition) is 1. The summed E-state index contributed by atoms with van der Waals surface area (Å²) in [6, 6.07) is 16.9. The maximum atomic E-state index is 12.0. The van der Waals surface area contributed by atoms with Gasteiger partial charge in [0.1, 0.15) is 0 Å². The minimum atomic E-state index is -0.562. The van der Waals surface area contributed by atoms with E-state index in [-0.39, 0.29) is 11.7 Å². The summed E-state index contributed by atoms with van der Waals surface area (Å²) in [5.41, 5.74) is 2.61. The number of rotatable bonds is 5. The van der Waals surface area contributed by atoms with Gasteiger partial charge in [0.2, 0.25) is 5.91 Å². The number of ketones is 1. The van der Waals surface area contributed by atoms with Crippen molar-refractivity contribution in [2.75, 3.05) is 5.32 Å². The molecule has 0 heterocycles. The number of carbonyl (C=O) groups excluding carboxylic acids is 4. The highest BCUT2D eigenvalue weighted by Gasteiger charge is 2.05. The van der Waals surface area contributed by atoms with Gasteiger partial charge in [0.05, 0.1) is 0 Å². The van der Waals surface area contributed by atoms with Gasteiger partial charge in [0, 0.05) is 38.4 Å². The third kappa shape index (κ3) is 9.69. The van der Waals surface area contributed by atoms with Crippen LogP contribution < -0.4 is 5.32 Å². The number of nitrogens with one attached hydrogen (secondary N) is 1. The molecule has 142 valence electrons. The Balaban J connectivity index is 0.000000445. The lowest BCUT2D eigenvalue weighted by atomic mass is 10.0. The first-order valence-corrected chi connectivity index (χ1v) is 8.41. The Hall–Kier alpha value is -3.28. The third-order valence-electron chi connectivity index (χ3n) is 3.30. The predicted molar refractivity (Wildman–Crippen MR) is 102 cm³/mol. The van der Waals surface area contributed by atoms with Gasteiger partial charge in [-0.25, -0.2) is 0 Å². The Labute approximate surface area is 158 Å². The highest BCUT2D eigenvalue weighted by Crippen LogP contribution is 2.12. The SMILES string of the molecule is CC(=O)Nc1ccc(CCC(=O)c2ccccc2)cc1.CC(=O)OC(C)=O. The maximum Gasteiger partial charge on any atom is 0.310 e. The molecule has 0 radical (unpaired) electrons. The number of aryl methyl sites for hydroxylation is 1. The molecular formula is C21H23NO5. The second-order valence-corrected chi connectivity index (χ2v) is 5.75. The van der Waals surface area contributed by atoms with Crippen LogP contribution >= 0.6 is 0 Å².